The Hall–Kier alpha value is -1.62. The fourth-order valence-corrected chi connectivity index (χ4v) is 2.89. The van der Waals surface area contributed by atoms with Crippen LogP contribution in [0.2, 0.25) is 0 Å². The van der Waals surface area contributed by atoms with Crippen molar-refractivity contribution >= 4 is 11.7 Å². The van der Waals surface area contributed by atoms with Crippen LogP contribution in [-0.4, -0.2) is 60.5 Å². The van der Waals surface area contributed by atoms with Crippen LogP contribution in [0.25, 0.3) is 0 Å². The van der Waals surface area contributed by atoms with Gasteiger partial charge in [-0.3, -0.25) is 4.79 Å². The Morgan fingerprint density at radius 1 is 1.52 bits per heavy atom. The zero-order valence-corrected chi connectivity index (χ0v) is 13.5. The molecule has 0 saturated carbocycles. The first-order chi connectivity index (χ1) is 10.0. The molecule has 0 radical (unpaired) electrons. The molecule has 1 fully saturated rings. The summed E-state index contributed by atoms with van der Waals surface area (Å²) in [5.74, 6) is 0.840. The summed E-state index contributed by atoms with van der Waals surface area (Å²) in [6.45, 7) is 6.65. The molecule has 1 aliphatic heterocycles. The molecule has 116 valence electrons. The van der Waals surface area contributed by atoms with Gasteiger partial charge in [0.05, 0.1) is 0 Å². The SMILES string of the molecule is CCNc1cc(C(=O)N(C)CC2CCCN2C)cc(C)n1. The van der Waals surface area contributed by atoms with Crippen LogP contribution in [-0.2, 0) is 0 Å². The summed E-state index contributed by atoms with van der Waals surface area (Å²) in [5.41, 5.74) is 1.57. The second-order valence-electron chi connectivity index (χ2n) is 5.88. The van der Waals surface area contributed by atoms with Crippen LogP contribution in [0.1, 0.15) is 35.8 Å². The molecule has 0 aromatic carbocycles. The first kappa shape index (κ1) is 15.8. The number of likely N-dealkylation sites (tertiary alicyclic amines) is 1. The number of pyridine rings is 1. The van der Waals surface area contributed by atoms with E-state index in [1.807, 2.05) is 37.9 Å². The van der Waals surface area contributed by atoms with E-state index in [4.69, 9.17) is 0 Å². The van der Waals surface area contributed by atoms with Gasteiger partial charge in [0.25, 0.3) is 5.91 Å². The second-order valence-corrected chi connectivity index (χ2v) is 5.88. The molecule has 1 aliphatic rings. The van der Waals surface area contributed by atoms with Gasteiger partial charge in [-0.2, -0.15) is 0 Å². The van der Waals surface area contributed by atoms with E-state index in [9.17, 15) is 4.79 Å². The molecule has 1 N–H and O–H groups in total. The van der Waals surface area contributed by atoms with E-state index in [1.54, 1.807) is 0 Å². The van der Waals surface area contributed by atoms with Crippen molar-refractivity contribution in [3.05, 3.63) is 23.4 Å². The third-order valence-corrected chi connectivity index (χ3v) is 4.06. The number of hydrogen-bond acceptors (Lipinski definition) is 4. The van der Waals surface area contributed by atoms with Crippen LogP contribution >= 0.6 is 0 Å². The van der Waals surface area contributed by atoms with Crippen molar-refractivity contribution in [3.63, 3.8) is 0 Å². The number of rotatable bonds is 5. The van der Waals surface area contributed by atoms with E-state index in [0.717, 1.165) is 31.1 Å². The highest BCUT2D eigenvalue weighted by Crippen LogP contribution is 2.17. The lowest BCUT2D eigenvalue weighted by Gasteiger charge is -2.26. The third-order valence-electron chi connectivity index (χ3n) is 4.06. The fourth-order valence-electron chi connectivity index (χ4n) is 2.89. The summed E-state index contributed by atoms with van der Waals surface area (Å²) in [4.78, 5) is 21.2. The first-order valence-corrected chi connectivity index (χ1v) is 7.69. The quantitative estimate of drug-likeness (QED) is 0.901. The van der Waals surface area contributed by atoms with Crippen molar-refractivity contribution in [2.75, 3.05) is 39.0 Å². The highest BCUT2D eigenvalue weighted by molar-refractivity contribution is 5.94. The molecule has 5 nitrogen and oxygen atoms in total. The molecule has 1 aromatic rings. The molecule has 1 amide bonds. The number of carbonyl (C=O) groups excluding carboxylic acids is 1. The van der Waals surface area contributed by atoms with Crippen LogP contribution in [0.4, 0.5) is 5.82 Å². The van der Waals surface area contributed by atoms with Crippen molar-refractivity contribution in [1.82, 2.24) is 14.8 Å². The maximum atomic E-state index is 12.6. The normalized spacial score (nSPS) is 18.8. The van der Waals surface area contributed by atoms with Crippen LogP contribution < -0.4 is 5.32 Å². The first-order valence-electron chi connectivity index (χ1n) is 7.69. The second kappa shape index (κ2) is 6.89. The van der Waals surface area contributed by atoms with Gasteiger partial charge in [0.2, 0.25) is 0 Å². The fraction of sp³-hybridized carbons (Fsp3) is 0.625. The monoisotopic (exact) mass is 290 g/mol. The largest absolute Gasteiger partial charge is 0.370 e. The molecule has 0 bridgehead atoms. The number of nitrogens with zero attached hydrogens (tertiary/aromatic N) is 3. The zero-order valence-electron chi connectivity index (χ0n) is 13.5. The highest BCUT2D eigenvalue weighted by atomic mass is 16.2. The van der Waals surface area contributed by atoms with Crippen molar-refractivity contribution in [2.24, 2.45) is 0 Å². The van der Waals surface area contributed by atoms with Gasteiger partial charge < -0.3 is 15.1 Å². The van der Waals surface area contributed by atoms with Crippen molar-refractivity contribution < 1.29 is 4.79 Å². The summed E-state index contributed by atoms with van der Waals surface area (Å²) >= 11 is 0. The molecule has 21 heavy (non-hydrogen) atoms. The van der Waals surface area contributed by atoms with Gasteiger partial charge >= 0.3 is 0 Å². The Morgan fingerprint density at radius 2 is 2.29 bits per heavy atom. The summed E-state index contributed by atoms with van der Waals surface area (Å²) in [6.07, 6.45) is 2.40. The number of amides is 1. The average molecular weight is 290 g/mol. The van der Waals surface area contributed by atoms with E-state index < -0.39 is 0 Å². The maximum Gasteiger partial charge on any atom is 0.253 e. The minimum atomic E-state index is 0.0694. The topological polar surface area (TPSA) is 48.5 Å². The van der Waals surface area contributed by atoms with Gasteiger partial charge in [0, 0.05) is 37.4 Å². The molecule has 1 atom stereocenters. The molecule has 1 unspecified atom stereocenters. The molecule has 2 rings (SSSR count). The van der Waals surface area contributed by atoms with E-state index in [1.165, 1.54) is 12.8 Å². The Labute approximate surface area is 127 Å². The molecule has 1 aromatic heterocycles. The number of nitrogens with one attached hydrogen (secondary N) is 1. The number of aryl methyl sites for hydroxylation is 1. The molecular weight excluding hydrogens is 264 g/mol. The minimum absolute atomic E-state index is 0.0694. The van der Waals surface area contributed by atoms with E-state index >= 15 is 0 Å². The van der Waals surface area contributed by atoms with E-state index in [-0.39, 0.29) is 5.91 Å². The van der Waals surface area contributed by atoms with Crippen LogP contribution in [0.3, 0.4) is 0 Å². The Morgan fingerprint density at radius 3 is 2.90 bits per heavy atom. The summed E-state index contributed by atoms with van der Waals surface area (Å²) in [5, 5.41) is 3.17. The van der Waals surface area contributed by atoms with Gasteiger partial charge in [0.1, 0.15) is 5.82 Å². The summed E-state index contributed by atoms with van der Waals surface area (Å²) in [7, 11) is 4.02. The van der Waals surface area contributed by atoms with Gasteiger partial charge in [-0.1, -0.05) is 0 Å². The number of anilines is 1. The smallest absolute Gasteiger partial charge is 0.253 e. The van der Waals surface area contributed by atoms with Gasteiger partial charge in [-0.05, 0) is 52.4 Å². The van der Waals surface area contributed by atoms with Gasteiger partial charge in [-0.25, -0.2) is 4.98 Å². The number of carbonyl (C=O) groups is 1. The van der Waals surface area contributed by atoms with Crippen LogP contribution in [0.15, 0.2) is 12.1 Å². The average Bonchev–Trinajstić information content (AvgIpc) is 2.83. The lowest BCUT2D eigenvalue weighted by atomic mass is 10.1. The Balaban J connectivity index is 2.07. The molecule has 2 heterocycles. The van der Waals surface area contributed by atoms with Crippen molar-refractivity contribution in [2.45, 2.75) is 32.7 Å². The molecule has 0 aliphatic carbocycles. The minimum Gasteiger partial charge on any atom is -0.370 e. The Kier molecular flexibility index (Phi) is 5.17. The molecule has 5 heteroatoms. The predicted molar refractivity (Wildman–Crippen MR) is 85.8 cm³/mol. The van der Waals surface area contributed by atoms with Gasteiger partial charge in [-0.15, -0.1) is 0 Å². The summed E-state index contributed by atoms with van der Waals surface area (Å²) < 4.78 is 0. The molecule has 1 saturated heterocycles. The maximum absolute atomic E-state index is 12.6. The molecule has 0 spiro atoms. The number of aromatic nitrogens is 1. The zero-order chi connectivity index (χ0) is 15.4. The standard InChI is InChI=1S/C16H26N4O/c1-5-17-15-10-13(9-12(2)18-15)16(21)20(4)11-14-7-6-8-19(14)3/h9-10,14H,5-8,11H2,1-4H3,(H,17,18). The number of hydrogen-bond donors (Lipinski definition) is 1. The van der Waals surface area contributed by atoms with E-state index in [0.29, 0.717) is 11.6 Å². The lowest BCUT2D eigenvalue weighted by Crippen LogP contribution is -2.39. The number of likely N-dealkylation sites (N-methyl/N-ethyl adjacent to an activating group) is 2. The predicted octanol–water partition coefficient (Wildman–Crippen LogP) is 1.99. The van der Waals surface area contributed by atoms with Crippen molar-refractivity contribution in [1.29, 1.82) is 0 Å². The van der Waals surface area contributed by atoms with E-state index in [2.05, 4.69) is 22.2 Å². The Bertz CT molecular complexity index is 503. The third kappa shape index (κ3) is 3.94. The summed E-state index contributed by atoms with van der Waals surface area (Å²) in [6, 6.07) is 4.18. The van der Waals surface area contributed by atoms with Crippen LogP contribution in [0, 0.1) is 6.92 Å². The molecular formula is C16H26N4O. The highest BCUT2D eigenvalue weighted by Gasteiger charge is 2.24. The van der Waals surface area contributed by atoms with Crippen molar-refractivity contribution in [3.8, 4) is 0 Å². The van der Waals surface area contributed by atoms with Crippen LogP contribution in [0.5, 0.6) is 0 Å². The van der Waals surface area contributed by atoms with Gasteiger partial charge in [0.15, 0.2) is 0 Å². The lowest BCUT2D eigenvalue weighted by molar-refractivity contribution is 0.0761.